The first-order valence-electron chi connectivity index (χ1n) is 7.63. The molecule has 1 N–H and O–H groups in total. The second-order valence-corrected chi connectivity index (χ2v) is 6.29. The Labute approximate surface area is 107 Å². The lowest BCUT2D eigenvalue weighted by atomic mass is 9.82. The van der Waals surface area contributed by atoms with Crippen molar-refractivity contribution in [2.45, 2.75) is 64.5 Å². The van der Waals surface area contributed by atoms with E-state index in [1.807, 2.05) is 0 Å². The Morgan fingerprint density at radius 1 is 1.06 bits per heavy atom. The van der Waals surface area contributed by atoms with Gasteiger partial charge in [0.25, 0.3) is 0 Å². The van der Waals surface area contributed by atoms with Crippen LogP contribution in [0.15, 0.2) is 0 Å². The van der Waals surface area contributed by atoms with Crippen LogP contribution in [0.5, 0.6) is 0 Å². The van der Waals surface area contributed by atoms with E-state index in [0.29, 0.717) is 0 Å². The van der Waals surface area contributed by atoms with E-state index in [1.54, 1.807) is 0 Å². The highest BCUT2D eigenvalue weighted by molar-refractivity contribution is 4.86. The standard InChI is InChI=1S/C15H30N2/c1-12-7-6-10-17(13(12)2)11-14-8-4-5-9-15(14)16-3/h12-16H,4-11H2,1-3H3. The third-order valence-electron chi connectivity index (χ3n) is 5.25. The summed E-state index contributed by atoms with van der Waals surface area (Å²) in [5.41, 5.74) is 0. The van der Waals surface area contributed by atoms with Crippen molar-refractivity contribution >= 4 is 0 Å². The molecule has 1 saturated carbocycles. The Bertz CT molecular complexity index is 223. The molecular weight excluding hydrogens is 208 g/mol. The number of hydrogen-bond donors (Lipinski definition) is 1. The van der Waals surface area contributed by atoms with Crippen LogP contribution in [0.2, 0.25) is 0 Å². The zero-order valence-electron chi connectivity index (χ0n) is 11.9. The van der Waals surface area contributed by atoms with Gasteiger partial charge in [0.05, 0.1) is 0 Å². The first kappa shape index (κ1) is 13.4. The second-order valence-electron chi connectivity index (χ2n) is 6.29. The minimum Gasteiger partial charge on any atom is -0.317 e. The van der Waals surface area contributed by atoms with E-state index in [4.69, 9.17) is 0 Å². The molecule has 2 rings (SSSR count). The van der Waals surface area contributed by atoms with Gasteiger partial charge in [0.1, 0.15) is 0 Å². The maximum atomic E-state index is 3.54. The molecule has 0 aromatic heterocycles. The molecule has 2 nitrogen and oxygen atoms in total. The second kappa shape index (κ2) is 6.19. The number of nitrogens with one attached hydrogen (secondary N) is 1. The summed E-state index contributed by atoms with van der Waals surface area (Å²) in [6.45, 7) is 7.52. The molecule has 0 aromatic carbocycles. The van der Waals surface area contributed by atoms with E-state index in [9.17, 15) is 0 Å². The average Bonchev–Trinajstić information content (AvgIpc) is 2.35. The minimum absolute atomic E-state index is 0.771. The highest BCUT2D eigenvalue weighted by atomic mass is 15.2. The molecule has 17 heavy (non-hydrogen) atoms. The topological polar surface area (TPSA) is 15.3 Å². The van der Waals surface area contributed by atoms with Crippen molar-refractivity contribution < 1.29 is 0 Å². The fourth-order valence-corrected chi connectivity index (χ4v) is 3.79. The van der Waals surface area contributed by atoms with Gasteiger partial charge in [-0.15, -0.1) is 0 Å². The first-order chi connectivity index (χ1) is 8.22. The van der Waals surface area contributed by atoms with Gasteiger partial charge in [0, 0.05) is 18.6 Å². The van der Waals surface area contributed by atoms with Gasteiger partial charge in [0.15, 0.2) is 0 Å². The van der Waals surface area contributed by atoms with Crippen molar-refractivity contribution in [1.29, 1.82) is 0 Å². The van der Waals surface area contributed by atoms with Crippen molar-refractivity contribution in [3.05, 3.63) is 0 Å². The summed E-state index contributed by atoms with van der Waals surface area (Å²) in [7, 11) is 2.14. The maximum Gasteiger partial charge on any atom is 0.0104 e. The molecule has 0 radical (unpaired) electrons. The lowest BCUT2D eigenvalue weighted by molar-refractivity contribution is 0.0775. The molecule has 2 fully saturated rings. The van der Waals surface area contributed by atoms with Crippen molar-refractivity contribution in [2.24, 2.45) is 11.8 Å². The zero-order chi connectivity index (χ0) is 12.3. The van der Waals surface area contributed by atoms with Gasteiger partial charge in [-0.05, 0) is 58.0 Å². The fourth-order valence-electron chi connectivity index (χ4n) is 3.79. The molecule has 4 unspecified atom stereocenters. The predicted molar refractivity (Wildman–Crippen MR) is 74.2 cm³/mol. The lowest BCUT2D eigenvalue weighted by Gasteiger charge is -2.42. The molecule has 4 atom stereocenters. The first-order valence-corrected chi connectivity index (χ1v) is 7.63. The van der Waals surface area contributed by atoms with Gasteiger partial charge >= 0.3 is 0 Å². The van der Waals surface area contributed by atoms with E-state index in [-0.39, 0.29) is 0 Å². The number of nitrogens with zero attached hydrogens (tertiary/aromatic N) is 1. The smallest absolute Gasteiger partial charge is 0.0104 e. The summed E-state index contributed by atoms with van der Waals surface area (Å²) in [5, 5.41) is 3.54. The fraction of sp³-hybridized carbons (Fsp3) is 1.00. The Morgan fingerprint density at radius 3 is 2.59 bits per heavy atom. The summed E-state index contributed by atoms with van der Waals surface area (Å²) in [4.78, 5) is 2.76. The molecule has 2 aliphatic rings. The Balaban J connectivity index is 1.89. The van der Waals surface area contributed by atoms with Crippen LogP contribution < -0.4 is 5.32 Å². The van der Waals surface area contributed by atoms with Gasteiger partial charge in [0.2, 0.25) is 0 Å². The normalized spacial score (nSPS) is 40.4. The molecule has 1 saturated heterocycles. The van der Waals surface area contributed by atoms with Crippen LogP contribution in [-0.2, 0) is 0 Å². The Hall–Kier alpha value is -0.0800. The van der Waals surface area contributed by atoms with Crippen LogP contribution in [0.25, 0.3) is 0 Å². The van der Waals surface area contributed by atoms with Crippen LogP contribution in [0.3, 0.4) is 0 Å². The van der Waals surface area contributed by atoms with Gasteiger partial charge in [-0.2, -0.15) is 0 Å². The SMILES string of the molecule is CNC1CCCCC1CN1CCCC(C)C1C. The summed E-state index contributed by atoms with van der Waals surface area (Å²) in [6.07, 6.45) is 8.52. The van der Waals surface area contributed by atoms with E-state index < -0.39 is 0 Å². The summed E-state index contributed by atoms with van der Waals surface area (Å²) in [6, 6.07) is 1.57. The summed E-state index contributed by atoms with van der Waals surface area (Å²) < 4.78 is 0. The van der Waals surface area contributed by atoms with Crippen molar-refractivity contribution in [3.63, 3.8) is 0 Å². The molecular formula is C15H30N2. The summed E-state index contributed by atoms with van der Waals surface area (Å²) >= 11 is 0. The molecule has 2 heteroatoms. The minimum atomic E-state index is 0.771. The summed E-state index contributed by atoms with van der Waals surface area (Å²) in [5.74, 6) is 1.78. The van der Waals surface area contributed by atoms with Crippen LogP contribution >= 0.6 is 0 Å². The number of piperidine rings is 1. The van der Waals surface area contributed by atoms with E-state index in [1.165, 1.54) is 51.6 Å². The third kappa shape index (κ3) is 3.23. The molecule has 0 aromatic rings. The van der Waals surface area contributed by atoms with Crippen LogP contribution in [0, 0.1) is 11.8 Å². The average molecular weight is 238 g/mol. The van der Waals surface area contributed by atoms with E-state index in [0.717, 1.165) is 23.9 Å². The molecule has 0 amide bonds. The molecule has 1 aliphatic heterocycles. The number of likely N-dealkylation sites (tertiary alicyclic amines) is 1. The Kier molecular flexibility index (Phi) is 4.87. The highest BCUT2D eigenvalue weighted by Gasteiger charge is 2.30. The molecule has 1 aliphatic carbocycles. The van der Waals surface area contributed by atoms with Crippen LogP contribution in [0.1, 0.15) is 52.4 Å². The quantitative estimate of drug-likeness (QED) is 0.813. The van der Waals surface area contributed by atoms with Gasteiger partial charge in [-0.1, -0.05) is 19.8 Å². The largest absolute Gasteiger partial charge is 0.317 e. The van der Waals surface area contributed by atoms with Gasteiger partial charge < -0.3 is 10.2 Å². The number of rotatable bonds is 3. The van der Waals surface area contributed by atoms with E-state index in [2.05, 4.69) is 31.1 Å². The molecule has 0 bridgehead atoms. The van der Waals surface area contributed by atoms with Crippen molar-refractivity contribution in [1.82, 2.24) is 10.2 Å². The molecule has 0 spiro atoms. The lowest BCUT2D eigenvalue weighted by Crippen LogP contribution is -2.49. The van der Waals surface area contributed by atoms with Crippen molar-refractivity contribution in [3.8, 4) is 0 Å². The predicted octanol–water partition coefficient (Wildman–Crippen LogP) is 2.89. The third-order valence-corrected chi connectivity index (χ3v) is 5.25. The number of hydrogen-bond acceptors (Lipinski definition) is 2. The monoisotopic (exact) mass is 238 g/mol. The van der Waals surface area contributed by atoms with Crippen LogP contribution in [-0.4, -0.2) is 37.1 Å². The van der Waals surface area contributed by atoms with E-state index >= 15 is 0 Å². The van der Waals surface area contributed by atoms with Crippen molar-refractivity contribution in [2.75, 3.05) is 20.1 Å². The van der Waals surface area contributed by atoms with Gasteiger partial charge in [-0.25, -0.2) is 0 Å². The van der Waals surface area contributed by atoms with Gasteiger partial charge in [-0.3, -0.25) is 0 Å². The Morgan fingerprint density at radius 2 is 1.82 bits per heavy atom. The molecule has 100 valence electrons. The van der Waals surface area contributed by atoms with Crippen LogP contribution in [0.4, 0.5) is 0 Å². The maximum absolute atomic E-state index is 3.54. The zero-order valence-corrected chi connectivity index (χ0v) is 11.9. The highest BCUT2D eigenvalue weighted by Crippen LogP contribution is 2.29. The molecule has 1 heterocycles.